The molecular weight excluding hydrogens is 292 g/mol. The van der Waals surface area contributed by atoms with Crippen molar-refractivity contribution < 1.29 is 9.90 Å². The van der Waals surface area contributed by atoms with Crippen molar-refractivity contribution in [2.75, 3.05) is 52.4 Å². The molecule has 0 unspecified atom stereocenters. The van der Waals surface area contributed by atoms with Crippen molar-refractivity contribution in [1.82, 2.24) is 20.4 Å². The summed E-state index contributed by atoms with van der Waals surface area (Å²) in [6.07, 6.45) is 0.950. The highest BCUT2D eigenvalue weighted by molar-refractivity contribution is 5.73. The average molecular weight is 320 g/mol. The predicted molar refractivity (Wildman–Crippen MR) is 91.3 cm³/mol. The zero-order chi connectivity index (χ0) is 16.3. The van der Waals surface area contributed by atoms with Crippen LogP contribution < -0.4 is 10.6 Å². The highest BCUT2D eigenvalue weighted by Gasteiger charge is 2.16. The van der Waals surface area contributed by atoms with Crippen molar-refractivity contribution in [2.24, 2.45) is 0 Å². The summed E-state index contributed by atoms with van der Waals surface area (Å²) in [5.74, 6) is 0. The Morgan fingerprint density at radius 1 is 1.00 bits per heavy atom. The first-order valence-corrected chi connectivity index (χ1v) is 8.39. The number of aliphatic hydroxyl groups is 1. The van der Waals surface area contributed by atoms with E-state index in [1.165, 1.54) is 5.56 Å². The molecule has 0 bridgehead atoms. The summed E-state index contributed by atoms with van der Waals surface area (Å²) in [5.41, 5.74) is 1.37. The standard InChI is InChI=1S/C17H28N4O2/c22-14-8-19-17(23)18-7-4-9-20-10-12-21(13-11-20)15-16-5-2-1-3-6-16/h1-3,5-6,22H,4,7-15H2,(H2,18,19,23). The van der Waals surface area contributed by atoms with Crippen LogP contribution in [0.15, 0.2) is 30.3 Å². The second-order valence-corrected chi connectivity index (χ2v) is 5.86. The number of carbonyl (C=O) groups is 1. The van der Waals surface area contributed by atoms with Gasteiger partial charge < -0.3 is 20.6 Å². The van der Waals surface area contributed by atoms with Gasteiger partial charge in [-0.25, -0.2) is 4.79 Å². The third-order valence-electron chi connectivity index (χ3n) is 4.05. The van der Waals surface area contributed by atoms with E-state index in [0.29, 0.717) is 13.1 Å². The second kappa shape index (κ2) is 10.2. The lowest BCUT2D eigenvalue weighted by atomic mass is 10.2. The van der Waals surface area contributed by atoms with E-state index in [0.717, 1.165) is 45.7 Å². The number of aliphatic hydroxyl groups excluding tert-OH is 1. The normalized spacial score (nSPS) is 16.2. The maximum atomic E-state index is 11.3. The van der Waals surface area contributed by atoms with E-state index >= 15 is 0 Å². The van der Waals surface area contributed by atoms with Gasteiger partial charge in [0.25, 0.3) is 0 Å². The first-order chi connectivity index (χ1) is 11.3. The molecule has 6 nitrogen and oxygen atoms in total. The lowest BCUT2D eigenvalue weighted by Gasteiger charge is -2.34. The van der Waals surface area contributed by atoms with E-state index in [-0.39, 0.29) is 12.6 Å². The Kier molecular flexibility index (Phi) is 7.86. The highest BCUT2D eigenvalue weighted by atomic mass is 16.3. The number of nitrogens with one attached hydrogen (secondary N) is 2. The van der Waals surface area contributed by atoms with Gasteiger partial charge in [-0.2, -0.15) is 0 Å². The summed E-state index contributed by atoms with van der Waals surface area (Å²) in [6, 6.07) is 10.4. The Labute approximate surface area is 138 Å². The van der Waals surface area contributed by atoms with Crippen molar-refractivity contribution >= 4 is 6.03 Å². The van der Waals surface area contributed by atoms with Gasteiger partial charge >= 0.3 is 6.03 Å². The van der Waals surface area contributed by atoms with Gasteiger partial charge in [-0.1, -0.05) is 30.3 Å². The summed E-state index contributed by atoms with van der Waals surface area (Å²) in [4.78, 5) is 16.3. The van der Waals surface area contributed by atoms with Crippen LogP contribution in [0.1, 0.15) is 12.0 Å². The zero-order valence-electron chi connectivity index (χ0n) is 13.7. The molecule has 23 heavy (non-hydrogen) atoms. The number of amides is 2. The summed E-state index contributed by atoms with van der Waals surface area (Å²) in [7, 11) is 0. The molecule has 2 amide bonds. The minimum absolute atomic E-state index is 0.0271. The van der Waals surface area contributed by atoms with Crippen molar-refractivity contribution in [1.29, 1.82) is 0 Å². The molecule has 1 fully saturated rings. The first kappa shape index (κ1) is 17.7. The number of rotatable bonds is 8. The quantitative estimate of drug-likeness (QED) is 0.610. The summed E-state index contributed by atoms with van der Waals surface area (Å²) in [6.45, 7) is 7.35. The van der Waals surface area contributed by atoms with Gasteiger partial charge in [-0.05, 0) is 18.5 Å². The second-order valence-electron chi connectivity index (χ2n) is 5.86. The fraction of sp³-hybridized carbons (Fsp3) is 0.588. The molecule has 1 aromatic rings. The molecule has 3 N–H and O–H groups in total. The maximum Gasteiger partial charge on any atom is 0.314 e. The summed E-state index contributed by atoms with van der Waals surface area (Å²) < 4.78 is 0. The predicted octanol–water partition coefficient (Wildman–Crippen LogP) is 0.486. The Balaban J connectivity index is 1.54. The van der Waals surface area contributed by atoms with Crippen molar-refractivity contribution in [3.05, 3.63) is 35.9 Å². The topological polar surface area (TPSA) is 67.8 Å². The highest BCUT2D eigenvalue weighted by Crippen LogP contribution is 2.08. The number of carbonyl (C=O) groups excluding carboxylic acids is 1. The van der Waals surface area contributed by atoms with Crippen LogP contribution in [0.4, 0.5) is 4.79 Å². The van der Waals surface area contributed by atoms with Crippen LogP contribution in [-0.4, -0.2) is 73.4 Å². The van der Waals surface area contributed by atoms with Gasteiger partial charge in [0.1, 0.15) is 0 Å². The number of benzene rings is 1. The third kappa shape index (κ3) is 6.99. The van der Waals surface area contributed by atoms with Gasteiger partial charge in [0.05, 0.1) is 6.61 Å². The van der Waals surface area contributed by atoms with E-state index in [2.05, 4.69) is 50.8 Å². The van der Waals surface area contributed by atoms with E-state index in [1.807, 2.05) is 0 Å². The fourth-order valence-corrected chi connectivity index (χ4v) is 2.75. The largest absolute Gasteiger partial charge is 0.395 e. The monoisotopic (exact) mass is 320 g/mol. The van der Waals surface area contributed by atoms with Gasteiger partial charge in [-0.15, -0.1) is 0 Å². The van der Waals surface area contributed by atoms with E-state index in [1.54, 1.807) is 0 Å². The minimum Gasteiger partial charge on any atom is -0.395 e. The molecule has 0 radical (unpaired) electrons. The molecule has 2 rings (SSSR count). The molecular formula is C17H28N4O2. The van der Waals surface area contributed by atoms with Gasteiger partial charge in [0.15, 0.2) is 0 Å². The van der Waals surface area contributed by atoms with Gasteiger partial charge in [0.2, 0.25) is 0 Å². The van der Waals surface area contributed by atoms with E-state index in [9.17, 15) is 4.79 Å². The number of nitrogens with zero attached hydrogens (tertiary/aromatic N) is 2. The van der Waals surface area contributed by atoms with E-state index < -0.39 is 0 Å². The van der Waals surface area contributed by atoms with Crippen molar-refractivity contribution in [3.63, 3.8) is 0 Å². The Morgan fingerprint density at radius 2 is 1.65 bits per heavy atom. The third-order valence-corrected chi connectivity index (χ3v) is 4.05. The number of hydrogen-bond donors (Lipinski definition) is 3. The molecule has 1 aliphatic rings. The SMILES string of the molecule is O=C(NCCO)NCCCN1CCN(Cc2ccccc2)CC1. The van der Waals surface area contributed by atoms with Crippen molar-refractivity contribution in [2.45, 2.75) is 13.0 Å². The lowest BCUT2D eigenvalue weighted by molar-refractivity contribution is 0.126. The van der Waals surface area contributed by atoms with Crippen LogP contribution >= 0.6 is 0 Å². The summed E-state index contributed by atoms with van der Waals surface area (Å²) in [5, 5.41) is 14.0. The Hall–Kier alpha value is -1.63. The molecule has 0 aliphatic carbocycles. The molecule has 1 aliphatic heterocycles. The van der Waals surface area contributed by atoms with Crippen LogP contribution in [0.5, 0.6) is 0 Å². The molecule has 0 atom stereocenters. The van der Waals surface area contributed by atoms with Crippen LogP contribution in [-0.2, 0) is 6.54 Å². The molecule has 6 heteroatoms. The number of piperazine rings is 1. The Morgan fingerprint density at radius 3 is 2.35 bits per heavy atom. The van der Waals surface area contributed by atoms with Crippen LogP contribution in [0.25, 0.3) is 0 Å². The summed E-state index contributed by atoms with van der Waals surface area (Å²) >= 11 is 0. The van der Waals surface area contributed by atoms with E-state index in [4.69, 9.17) is 5.11 Å². The molecule has 0 aromatic heterocycles. The smallest absolute Gasteiger partial charge is 0.314 e. The molecule has 1 heterocycles. The first-order valence-electron chi connectivity index (χ1n) is 8.39. The lowest BCUT2D eigenvalue weighted by Crippen LogP contribution is -2.46. The van der Waals surface area contributed by atoms with Crippen LogP contribution in [0.2, 0.25) is 0 Å². The van der Waals surface area contributed by atoms with Crippen LogP contribution in [0.3, 0.4) is 0 Å². The van der Waals surface area contributed by atoms with Crippen molar-refractivity contribution in [3.8, 4) is 0 Å². The fourth-order valence-electron chi connectivity index (χ4n) is 2.75. The maximum absolute atomic E-state index is 11.3. The molecule has 1 saturated heterocycles. The van der Waals surface area contributed by atoms with Gasteiger partial charge in [0, 0.05) is 45.8 Å². The Bertz CT molecular complexity index is 447. The zero-order valence-corrected chi connectivity index (χ0v) is 13.7. The van der Waals surface area contributed by atoms with Crippen LogP contribution in [0, 0.1) is 0 Å². The molecule has 128 valence electrons. The molecule has 0 spiro atoms. The average Bonchev–Trinajstić information content (AvgIpc) is 2.59. The number of urea groups is 1. The molecule has 0 saturated carbocycles. The molecule has 1 aromatic carbocycles. The van der Waals surface area contributed by atoms with Gasteiger partial charge in [-0.3, -0.25) is 4.90 Å². The minimum atomic E-state index is -0.202. The number of hydrogen-bond acceptors (Lipinski definition) is 4.